The number of piperazine rings is 1. The molecular formula is C24H30N4O2S. The number of aryl methyl sites for hydroxylation is 1. The summed E-state index contributed by atoms with van der Waals surface area (Å²) in [5, 5.41) is 4.13. The predicted molar refractivity (Wildman–Crippen MR) is 127 cm³/mol. The molecule has 1 amide bonds. The van der Waals surface area contributed by atoms with Crippen LogP contribution < -0.4 is 15.0 Å². The number of benzene rings is 2. The van der Waals surface area contributed by atoms with Gasteiger partial charge in [0.25, 0.3) is 0 Å². The molecule has 2 heterocycles. The molecule has 0 bridgehead atoms. The second-order valence-corrected chi connectivity index (χ2v) is 8.71. The number of para-hydroxylation sites is 1. The van der Waals surface area contributed by atoms with E-state index < -0.39 is 0 Å². The van der Waals surface area contributed by atoms with Gasteiger partial charge < -0.3 is 15.0 Å². The zero-order valence-corrected chi connectivity index (χ0v) is 18.9. The Hall–Kier alpha value is -2.64. The second-order valence-electron chi connectivity index (χ2n) is 7.70. The number of rotatable bonds is 9. The number of fused-ring (bicyclic) bond motifs is 1. The number of ether oxygens (including phenoxy) is 1. The van der Waals surface area contributed by atoms with Gasteiger partial charge in [-0.3, -0.25) is 9.69 Å². The molecule has 1 N–H and O–H groups in total. The summed E-state index contributed by atoms with van der Waals surface area (Å²) in [5.74, 6) is 0.992. The molecule has 1 aliphatic heterocycles. The van der Waals surface area contributed by atoms with Crippen LogP contribution >= 0.6 is 11.3 Å². The van der Waals surface area contributed by atoms with Gasteiger partial charge in [0.2, 0.25) is 5.91 Å². The van der Waals surface area contributed by atoms with Crippen LogP contribution in [0.5, 0.6) is 5.75 Å². The maximum atomic E-state index is 12.1. The van der Waals surface area contributed by atoms with Gasteiger partial charge in [-0.25, -0.2) is 4.98 Å². The monoisotopic (exact) mass is 438 g/mol. The van der Waals surface area contributed by atoms with Crippen LogP contribution in [0.2, 0.25) is 0 Å². The molecule has 2 aromatic carbocycles. The average molecular weight is 439 g/mol. The highest BCUT2D eigenvalue weighted by molar-refractivity contribution is 7.22. The zero-order chi connectivity index (χ0) is 21.5. The molecule has 0 radical (unpaired) electrons. The maximum Gasteiger partial charge on any atom is 0.220 e. The van der Waals surface area contributed by atoms with Crippen molar-refractivity contribution in [2.45, 2.75) is 19.8 Å². The summed E-state index contributed by atoms with van der Waals surface area (Å²) in [4.78, 5) is 21.7. The fourth-order valence-electron chi connectivity index (χ4n) is 3.83. The molecule has 164 valence electrons. The Morgan fingerprint density at radius 1 is 1.10 bits per heavy atom. The Labute approximate surface area is 187 Å². The van der Waals surface area contributed by atoms with Crippen LogP contribution in [-0.2, 0) is 11.2 Å². The van der Waals surface area contributed by atoms with Crippen molar-refractivity contribution in [3.05, 3.63) is 54.1 Å². The van der Waals surface area contributed by atoms with Crippen LogP contribution in [0.1, 0.15) is 18.9 Å². The van der Waals surface area contributed by atoms with Crippen molar-refractivity contribution in [3.63, 3.8) is 0 Å². The first-order valence-corrected chi connectivity index (χ1v) is 11.8. The van der Waals surface area contributed by atoms with Crippen molar-refractivity contribution in [3.8, 4) is 5.75 Å². The van der Waals surface area contributed by atoms with E-state index in [0.29, 0.717) is 19.6 Å². The predicted octanol–water partition coefficient (Wildman–Crippen LogP) is 3.57. The van der Waals surface area contributed by atoms with Crippen LogP contribution in [0.25, 0.3) is 10.2 Å². The van der Waals surface area contributed by atoms with Crippen molar-refractivity contribution in [1.29, 1.82) is 0 Å². The minimum atomic E-state index is 0.127. The number of anilines is 1. The Kier molecular flexibility index (Phi) is 7.38. The summed E-state index contributed by atoms with van der Waals surface area (Å²) in [6, 6.07) is 16.3. The summed E-state index contributed by atoms with van der Waals surface area (Å²) < 4.78 is 6.89. The van der Waals surface area contributed by atoms with Crippen molar-refractivity contribution in [1.82, 2.24) is 15.2 Å². The van der Waals surface area contributed by atoms with E-state index in [-0.39, 0.29) is 5.91 Å². The average Bonchev–Trinajstić information content (AvgIpc) is 3.24. The highest BCUT2D eigenvalue weighted by Gasteiger charge is 2.20. The molecule has 0 spiro atoms. The first-order valence-electron chi connectivity index (χ1n) is 11.0. The Bertz CT molecular complexity index is 984. The quantitative estimate of drug-likeness (QED) is 0.554. The highest BCUT2D eigenvalue weighted by Crippen LogP contribution is 2.34. The lowest BCUT2D eigenvalue weighted by Crippen LogP contribution is -2.48. The van der Waals surface area contributed by atoms with Crippen molar-refractivity contribution < 1.29 is 9.53 Å². The fraction of sp³-hybridized carbons (Fsp3) is 0.417. The Morgan fingerprint density at radius 2 is 1.90 bits per heavy atom. The minimum Gasteiger partial charge on any atom is -0.492 e. The Balaban J connectivity index is 1.20. The SMILES string of the molecule is CCOc1cccc2sc(N3CCN(CCNC(=O)CCc4ccccc4)CC3)nc12. The van der Waals surface area contributed by atoms with Gasteiger partial charge in [0.1, 0.15) is 11.3 Å². The van der Waals surface area contributed by atoms with Crippen molar-refractivity contribution >= 4 is 32.6 Å². The highest BCUT2D eigenvalue weighted by atomic mass is 32.1. The second kappa shape index (κ2) is 10.6. The summed E-state index contributed by atoms with van der Waals surface area (Å²) in [5.41, 5.74) is 2.17. The fourth-order valence-corrected chi connectivity index (χ4v) is 4.86. The van der Waals surface area contributed by atoms with E-state index in [1.807, 2.05) is 37.3 Å². The van der Waals surface area contributed by atoms with Gasteiger partial charge >= 0.3 is 0 Å². The smallest absolute Gasteiger partial charge is 0.220 e. The van der Waals surface area contributed by atoms with Crippen molar-refractivity contribution in [2.24, 2.45) is 0 Å². The molecule has 3 aromatic rings. The standard InChI is InChI=1S/C24H30N4O2S/c1-2-30-20-9-6-10-21-23(20)26-24(31-21)28-17-15-27(16-18-28)14-13-25-22(29)12-11-19-7-4-3-5-8-19/h3-10H,2,11-18H2,1H3,(H,25,29). The molecule has 0 aliphatic carbocycles. The molecule has 1 fully saturated rings. The number of carbonyl (C=O) groups excluding carboxylic acids is 1. The van der Waals surface area contributed by atoms with Gasteiger partial charge in [-0.1, -0.05) is 47.7 Å². The normalized spacial score (nSPS) is 14.7. The minimum absolute atomic E-state index is 0.127. The number of hydrogen-bond donors (Lipinski definition) is 1. The van der Waals surface area contributed by atoms with Gasteiger partial charge in [-0.2, -0.15) is 0 Å². The van der Waals surface area contributed by atoms with E-state index in [9.17, 15) is 4.79 Å². The Morgan fingerprint density at radius 3 is 2.68 bits per heavy atom. The summed E-state index contributed by atoms with van der Waals surface area (Å²) in [6.45, 7) is 8.09. The number of hydrogen-bond acceptors (Lipinski definition) is 6. The molecule has 4 rings (SSSR count). The lowest BCUT2D eigenvalue weighted by Gasteiger charge is -2.34. The van der Waals surface area contributed by atoms with Crippen LogP contribution in [-0.4, -0.2) is 61.7 Å². The molecule has 0 saturated carbocycles. The molecule has 7 heteroatoms. The summed E-state index contributed by atoms with van der Waals surface area (Å²) in [6.07, 6.45) is 1.33. The lowest BCUT2D eigenvalue weighted by atomic mass is 10.1. The third kappa shape index (κ3) is 5.74. The first kappa shape index (κ1) is 21.6. The molecule has 1 aliphatic rings. The van der Waals surface area contributed by atoms with Crippen LogP contribution in [0.15, 0.2) is 48.5 Å². The number of nitrogens with one attached hydrogen (secondary N) is 1. The van der Waals surface area contributed by atoms with Gasteiger partial charge in [0, 0.05) is 45.7 Å². The van der Waals surface area contributed by atoms with Crippen LogP contribution in [0.4, 0.5) is 5.13 Å². The maximum absolute atomic E-state index is 12.1. The van der Waals surface area contributed by atoms with E-state index in [0.717, 1.165) is 55.5 Å². The summed E-state index contributed by atoms with van der Waals surface area (Å²) in [7, 11) is 0. The van der Waals surface area contributed by atoms with E-state index in [4.69, 9.17) is 9.72 Å². The van der Waals surface area contributed by atoms with Gasteiger partial charge in [-0.15, -0.1) is 0 Å². The summed E-state index contributed by atoms with van der Waals surface area (Å²) >= 11 is 1.73. The topological polar surface area (TPSA) is 57.7 Å². The molecule has 31 heavy (non-hydrogen) atoms. The molecule has 1 saturated heterocycles. The molecule has 1 aromatic heterocycles. The lowest BCUT2D eigenvalue weighted by molar-refractivity contribution is -0.121. The molecule has 0 unspecified atom stereocenters. The zero-order valence-electron chi connectivity index (χ0n) is 18.0. The largest absolute Gasteiger partial charge is 0.492 e. The third-order valence-corrected chi connectivity index (χ3v) is 6.63. The van der Waals surface area contributed by atoms with Crippen molar-refractivity contribution in [2.75, 3.05) is 50.8 Å². The number of amides is 1. The van der Waals surface area contributed by atoms with Gasteiger partial charge in [-0.05, 0) is 31.0 Å². The van der Waals surface area contributed by atoms with E-state index in [1.165, 1.54) is 10.3 Å². The van der Waals surface area contributed by atoms with Crippen LogP contribution in [0.3, 0.4) is 0 Å². The van der Waals surface area contributed by atoms with E-state index in [1.54, 1.807) is 11.3 Å². The number of aromatic nitrogens is 1. The molecule has 0 atom stereocenters. The first-order chi connectivity index (χ1) is 15.2. The van der Waals surface area contributed by atoms with E-state index in [2.05, 4.69) is 33.3 Å². The van der Waals surface area contributed by atoms with Gasteiger partial charge in [0.05, 0.1) is 11.3 Å². The van der Waals surface area contributed by atoms with E-state index >= 15 is 0 Å². The number of thiazole rings is 1. The number of nitrogens with zero attached hydrogens (tertiary/aromatic N) is 3. The molecule has 6 nitrogen and oxygen atoms in total. The van der Waals surface area contributed by atoms with Crippen LogP contribution in [0, 0.1) is 0 Å². The van der Waals surface area contributed by atoms with Gasteiger partial charge in [0.15, 0.2) is 5.13 Å². The number of carbonyl (C=O) groups is 1. The third-order valence-electron chi connectivity index (χ3n) is 5.55. The molecular weight excluding hydrogens is 408 g/mol.